The Morgan fingerprint density at radius 1 is 1.08 bits per heavy atom. The SMILES string of the molecule is CC1Oc2nc([N+](=O)[O-])cn2C1COc1ccc(N2CCC(COCc3ccc(C(F)(F)F)cc3)CC2)cc1. The van der Waals surface area contributed by atoms with E-state index in [9.17, 15) is 23.3 Å². The first-order valence-corrected chi connectivity index (χ1v) is 12.8. The lowest BCUT2D eigenvalue weighted by molar-refractivity contribution is -0.389. The number of hydrogen-bond acceptors (Lipinski definition) is 7. The van der Waals surface area contributed by atoms with Crippen LogP contribution in [-0.4, -0.2) is 46.9 Å². The molecular weight excluding hydrogens is 517 g/mol. The standard InChI is InChI=1S/C27H29F3N4O5/c1-18-24(33-14-25(34(35)36)31-26(33)39-18)17-38-23-8-6-22(7-9-23)32-12-10-20(11-13-32)16-37-15-19-2-4-21(5-3-19)27(28,29)30/h2-9,14,18,20,24H,10-13,15-17H2,1H3. The number of nitro groups is 1. The molecule has 1 fully saturated rings. The first-order valence-electron chi connectivity index (χ1n) is 12.8. The van der Waals surface area contributed by atoms with Gasteiger partial charge in [0.2, 0.25) is 0 Å². The second-order valence-electron chi connectivity index (χ2n) is 9.88. The van der Waals surface area contributed by atoms with E-state index in [0.717, 1.165) is 49.3 Å². The number of rotatable bonds is 9. The number of anilines is 1. The van der Waals surface area contributed by atoms with Gasteiger partial charge in [0.25, 0.3) is 0 Å². The van der Waals surface area contributed by atoms with Gasteiger partial charge in [-0.05, 0) is 72.6 Å². The van der Waals surface area contributed by atoms with Crippen molar-refractivity contribution in [3.05, 3.63) is 76.0 Å². The summed E-state index contributed by atoms with van der Waals surface area (Å²) in [5.41, 5.74) is 1.17. The van der Waals surface area contributed by atoms with E-state index in [1.54, 1.807) is 4.57 Å². The quantitative estimate of drug-likeness (QED) is 0.253. The predicted molar refractivity (Wildman–Crippen MR) is 136 cm³/mol. The molecule has 9 nitrogen and oxygen atoms in total. The number of nitrogens with zero attached hydrogens (tertiary/aromatic N) is 4. The lowest BCUT2D eigenvalue weighted by atomic mass is 9.97. The average Bonchev–Trinajstić information content (AvgIpc) is 3.45. The number of alkyl halides is 3. The van der Waals surface area contributed by atoms with Gasteiger partial charge in [-0.3, -0.25) is 4.57 Å². The van der Waals surface area contributed by atoms with Gasteiger partial charge < -0.3 is 29.2 Å². The van der Waals surface area contributed by atoms with E-state index >= 15 is 0 Å². The van der Waals surface area contributed by atoms with Crippen LogP contribution in [-0.2, 0) is 17.5 Å². The molecule has 0 radical (unpaired) electrons. The molecule has 2 atom stereocenters. The first-order chi connectivity index (χ1) is 18.7. The summed E-state index contributed by atoms with van der Waals surface area (Å²) in [6.07, 6.45) is -1.25. The highest BCUT2D eigenvalue weighted by molar-refractivity contribution is 5.49. The minimum absolute atomic E-state index is 0.215. The van der Waals surface area contributed by atoms with Crippen molar-refractivity contribution < 1.29 is 32.3 Å². The second-order valence-corrected chi connectivity index (χ2v) is 9.88. The molecule has 1 saturated heterocycles. The predicted octanol–water partition coefficient (Wildman–Crippen LogP) is 5.64. The lowest BCUT2D eigenvalue weighted by Gasteiger charge is -2.33. The number of piperidine rings is 1. The van der Waals surface area contributed by atoms with Crippen molar-refractivity contribution >= 4 is 11.5 Å². The zero-order valence-electron chi connectivity index (χ0n) is 21.3. The Hall–Kier alpha value is -3.80. The Kier molecular flexibility index (Phi) is 7.65. The molecule has 0 N–H and O–H groups in total. The molecule has 0 spiro atoms. The maximum atomic E-state index is 12.7. The summed E-state index contributed by atoms with van der Waals surface area (Å²) in [4.78, 5) is 16.6. The van der Waals surface area contributed by atoms with E-state index in [1.807, 2.05) is 31.2 Å². The molecule has 3 aromatic rings. The number of ether oxygens (including phenoxy) is 3. The van der Waals surface area contributed by atoms with Crippen LogP contribution in [0, 0.1) is 16.0 Å². The van der Waals surface area contributed by atoms with Crippen molar-refractivity contribution in [3.63, 3.8) is 0 Å². The van der Waals surface area contributed by atoms with E-state index in [1.165, 1.54) is 18.3 Å². The second kappa shape index (κ2) is 11.1. The number of fused-ring (bicyclic) bond motifs is 1. The summed E-state index contributed by atoms with van der Waals surface area (Å²) in [5, 5.41) is 11.0. The molecule has 1 aromatic heterocycles. The summed E-state index contributed by atoms with van der Waals surface area (Å²) in [7, 11) is 0. The summed E-state index contributed by atoms with van der Waals surface area (Å²) >= 11 is 0. The van der Waals surface area contributed by atoms with Crippen LogP contribution in [0.1, 0.15) is 36.9 Å². The molecule has 39 heavy (non-hydrogen) atoms. The smallest absolute Gasteiger partial charge is 0.416 e. The number of aromatic nitrogens is 2. The minimum Gasteiger partial charge on any atom is -0.491 e. The summed E-state index contributed by atoms with van der Waals surface area (Å²) in [6, 6.07) is 12.9. The molecule has 3 heterocycles. The molecule has 5 rings (SSSR count). The van der Waals surface area contributed by atoms with Crippen LogP contribution in [0.3, 0.4) is 0 Å². The zero-order valence-corrected chi connectivity index (χ0v) is 21.3. The van der Waals surface area contributed by atoms with Crippen LogP contribution < -0.4 is 14.4 Å². The van der Waals surface area contributed by atoms with Crippen molar-refractivity contribution in [3.8, 4) is 11.8 Å². The van der Waals surface area contributed by atoms with Crippen molar-refractivity contribution in [2.45, 2.75) is 44.7 Å². The van der Waals surface area contributed by atoms with Crippen LogP contribution in [0.15, 0.2) is 54.7 Å². The van der Waals surface area contributed by atoms with Gasteiger partial charge >= 0.3 is 18.0 Å². The van der Waals surface area contributed by atoms with Crippen molar-refractivity contribution in [2.75, 3.05) is 31.2 Å². The van der Waals surface area contributed by atoms with Gasteiger partial charge in [0.05, 0.1) is 12.2 Å². The van der Waals surface area contributed by atoms with Gasteiger partial charge in [0, 0.05) is 30.4 Å². The van der Waals surface area contributed by atoms with Gasteiger partial charge in [-0.15, -0.1) is 0 Å². The zero-order chi connectivity index (χ0) is 27.6. The van der Waals surface area contributed by atoms with Gasteiger partial charge in [-0.2, -0.15) is 13.2 Å². The van der Waals surface area contributed by atoms with Crippen LogP contribution in [0.25, 0.3) is 0 Å². The molecule has 0 saturated carbocycles. The van der Waals surface area contributed by atoms with Gasteiger partial charge in [-0.25, -0.2) is 0 Å². The van der Waals surface area contributed by atoms with E-state index in [2.05, 4.69) is 9.88 Å². The van der Waals surface area contributed by atoms with E-state index in [4.69, 9.17) is 14.2 Å². The topological polar surface area (TPSA) is 91.9 Å². The van der Waals surface area contributed by atoms with Crippen LogP contribution in [0.5, 0.6) is 11.8 Å². The third-order valence-electron chi connectivity index (χ3n) is 7.20. The van der Waals surface area contributed by atoms with Crippen molar-refractivity contribution in [2.24, 2.45) is 5.92 Å². The minimum atomic E-state index is -4.33. The van der Waals surface area contributed by atoms with Crippen molar-refractivity contribution in [1.82, 2.24) is 9.55 Å². The monoisotopic (exact) mass is 546 g/mol. The molecule has 2 aliphatic rings. The molecule has 0 amide bonds. The highest BCUT2D eigenvalue weighted by Crippen LogP contribution is 2.34. The van der Waals surface area contributed by atoms with Crippen molar-refractivity contribution in [1.29, 1.82) is 0 Å². The van der Waals surface area contributed by atoms with Crippen LogP contribution in [0.2, 0.25) is 0 Å². The van der Waals surface area contributed by atoms with Gasteiger partial charge in [-0.1, -0.05) is 12.1 Å². The highest BCUT2D eigenvalue weighted by atomic mass is 19.4. The fraction of sp³-hybridized carbons (Fsp3) is 0.444. The fourth-order valence-corrected chi connectivity index (χ4v) is 4.89. The molecule has 12 heteroatoms. The summed E-state index contributed by atoms with van der Waals surface area (Å²) < 4.78 is 57.1. The number of halogens is 3. The molecule has 0 aliphatic carbocycles. The summed E-state index contributed by atoms with van der Waals surface area (Å²) in [5.74, 6) is 0.846. The molecule has 2 aliphatic heterocycles. The maximum absolute atomic E-state index is 12.7. The van der Waals surface area contributed by atoms with E-state index in [-0.39, 0.29) is 24.0 Å². The van der Waals surface area contributed by atoms with Gasteiger partial charge in [0.1, 0.15) is 30.7 Å². The van der Waals surface area contributed by atoms with Crippen LogP contribution in [0.4, 0.5) is 24.7 Å². The maximum Gasteiger partial charge on any atom is 0.416 e. The van der Waals surface area contributed by atoms with Gasteiger partial charge in [0.15, 0.2) is 0 Å². The Balaban J connectivity index is 1.05. The first kappa shape index (κ1) is 26.8. The number of hydrogen-bond donors (Lipinski definition) is 0. The molecule has 208 valence electrons. The summed E-state index contributed by atoms with van der Waals surface area (Å²) in [6.45, 7) is 4.80. The molecule has 0 bridgehead atoms. The van der Waals surface area contributed by atoms with E-state index < -0.39 is 16.7 Å². The Morgan fingerprint density at radius 3 is 2.41 bits per heavy atom. The largest absolute Gasteiger partial charge is 0.491 e. The van der Waals surface area contributed by atoms with Crippen LogP contribution >= 0.6 is 0 Å². The Bertz CT molecular complexity index is 1270. The normalized spacial score (nSPS) is 19.5. The third kappa shape index (κ3) is 6.27. The Morgan fingerprint density at radius 2 is 1.77 bits per heavy atom. The lowest BCUT2D eigenvalue weighted by Crippen LogP contribution is -2.35. The highest BCUT2D eigenvalue weighted by Gasteiger charge is 2.38. The molecule has 2 aromatic carbocycles. The van der Waals surface area contributed by atoms with E-state index in [0.29, 0.717) is 31.5 Å². The molecular formula is C27H29F3N4O5. The molecule has 2 unspecified atom stereocenters. The average molecular weight is 547 g/mol. The fourth-order valence-electron chi connectivity index (χ4n) is 4.89. The Labute approximate surface area is 223 Å². The third-order valence-corrected chi connectivity index (χ3v) is 7.20. The number of imidazole rings is 1. The number of benzene rings is 2.